The number of hydrogen-bond acceptors (Lipinski definition) is 5. The molecule has 0 radical (unpaired) electrons. The van der Waals surface area contributed by atoms with E-state index in [4.69, 9.17) is 27.9 Å². The fraction of sp³-hybridized carbons (Fsp3) is 0.440. The van der Waals surface area contributed by atoms with Gasteiger partial charge >= 0.3 is 5.97 Å². The molecule has 11 heteroatoms. The highest BCUT2D eigenvalue weighted by molar-refractivity contribution is 7.92. The molecule has 0 spiro atoms. The number of esters is 1. The molecule has 198 valence electrons. The number of halogens is 3. The molecule has 0 aliphatic carbocycles. The van der Waals surface area contributed by atoms with Gasteiger partial charge < -0.3 is 10.1 Å². The van der Waals surface area contributed by atoms with E-state index in [9.17, 15) is 22.4 Å². The summed E-state index contributed by atoms with van der Waals surface area (Å²) < 4.78 is 47.6. The van der Waals surface area contributed by atoms with E-state index < -0.39 is 33.9 Å². The third-order valence-electron chi connectivity index (χ3n) is 5.47. The van der Waals surface area contributed by atoms with Gasteiger partial charge in [-0.15, -0.1) is 0 Å². The van der Waals surface area contributed by atoms with E-state index in [1.165, 1.54) is 43.5 Å². The van der Waals surface area contributed by atoms with Gasteiger partial charge in [-0.25, -0.2) is 17.6 Å². The maximum Gasteiger partial charge on any atom is 0.328 e. The van der Waals surface area contributed by atoms with Crippen molar-refractivity contribution in [1.29, 1.82) is 0 Å². The summed E-state index contributed by atoms with van der Waals surface area (Å²) in [4.78, 5) is 24.4. The van der Waals surface area contributed by atoms with Gasteiger partial charge in [0.05, 0.1) is 17.7 Å². The van der Waals surface area contributed by atoms with E-state index in [1.54, 1.807) is 6.92 Å². The molecule has 0 saturated heterocycles. The zero-order valence-electron chi connectivity index (χ0n) is 20.6. The second-order valence-corrected chi connectivity index (χ2v) is 11.6. The minimum absolute atomic E-state index is 0.0444. The van der Waals surface area contributed by atoms with Gasteiger partial charge in [-0.1, -0.05) is 37.0 Å². The van der Waals surface area contributed by atoms with Crippen molar-refractivity contribution in [2.24, 2.45) is 5.92 Å². The molecule has 1 amide bonds. The third kappa shape index (κ3) is 8.08. The lowest BCUT2D eigenvalue weighted by molar-refractivity contribution is -0.145. The van der Waals surface area contributed by atoms with Gasteiger partial charge in [0.25, 0.3) is 10.0 Å². The first-order chi connectivity index (χ1) is 16.9. The Labute approximate surface area is 222 Å². The van der Waals surface area contributed by atoms with Gasteiger partial charge in [-0.2, -0.15) is 0 Å². The maximum atomic E-state index is 14.8. The van der Waals surface area contributed by atoms with Crippen LogP contribution in [0, 0.1) is 11.7 Å². The van der Waals surface area contributed by atoms with Crippen molar-refractivity contribution in [1.82, 2.24) is 5.32 Å². The second kappa shape index (κ2) is 13.3. The number of rotatable bonds is 12. The van der Waals surface area contributed by atoms with Crippen molar-refractivity contribution in [3.05, 3.63) is 58.3 Å². The summed E-state index contributed by atoms with van der Waals surface area (Å²) in [6.07, 6.45) is 0.995. The van der Waals surface area contributed by atoms with Crippen LogP contribution >= 0.6 is 23.2 Å². The van der Waals surface area contributed by atoms with Crippen LogP contribution in [0.4, 0.5) is 10.1 Å². The van der Waals surface area contributed by atoms with Crippen LogP contribution in [0.2, 0.25) is 10.0 Å². The molecule has 0 saturated carbocycles. The number of nitrogens with one attached hydrogen (secondary N) is 1. The molecule has 0 aliphatic heterocycles. The zero-order chi connectivity index (χ0) is 27.0. The molecule has 0 aliphatic rings. The molecule has 0 heterocycles. The third-order valence-corrected chi connectivity index (χ3v) is 7.90. The number of sulfonamides is 1. The van der Waals surface area contributed by atoms with Crippen molar-refractivity contribution in [2.45, 2.75) is 63.4 Å². The Morgan fingerprint density at radius 1 is 1.06 bits per heavy atom. The van der Waals surface area contributed by atoms with E-state index in [0.29, 0.717) is 11.4 Å². The SMILES string of the molecule is COC(=O)C(CC(C)C)NC(=O)CCCC(C)N(c1cc(Cl)ccc1F)S(=O)(=O)c1ccc(Cl)cc1. The number of ether oxygens (including phenoxy) is 1. The molecular weight excluding hydrogens is 530 g/mol. The highest BCUT2D eigenvalue weighted by Crippen LogP contribution is 2.32. The number of methoxy groups -OCH3 is 1. The van der Waals surface area contributed by atoms with E-state index >= 15 is 0 Å². The Kier molecular flexibility index (Phi) is 11.0. The summed E-state index contributed by atoms with van der Waals surface area (Å²) >= 11 is 12.0. The average molecular weight is 562 g/mol. The number of amides is 1. The number of anilines is 1. The summed E-state index contributed by atoms with van der Waals surface area (Å²) in [7, 11) is -2.93. The molecule has 2 rings (SSSR count). The predicted octanol–water partition coefficient (Wildman–Crippen LogP) is 5.59. The van der Waals surface area contributed by atoms with E-state index in [-0.39, 0.29) is 46.7 Å². The Morgan fingerprint density at radius 3 is 2.25 bits per heavy atom. The van der Waals surface area contributed by atoms with E-state index in [2.05, 4.69) is 5.32 Å². The van der Waals surface area contributed by atoms with Crippen molar-refractivity contribution in [3.8, 4) is 0 Å². The molecule has 2 unspecified atom stereocenters. The van der Waals surface area contributed by atoms with Crippen LogP contribution < -0.4 is 9.62 Å². The smallest absolute Gasteiger partial charge is 0.328 e. The lowest BCUT2D eigenvalue weighted by atomic mass is 10.0. The first-order valence-electron chi connectivity index (χ1n) is 11.5. The Balaban J connectivity index is 2.22. The highest BCUT2D eigenvalue weighted by Gasteiger charge is 2.32. The number of nitrogens with zero attached hydrogens (tertiary/aromatic N) is 1. The monoisotopic (exact) mass is 560 g/mol. The summed E-state index contributed by atoms with van der Waals surface area (Å²) in [6.45, 7) is 5.48. The zero-order valence-corrected chi connectivity index (χ0v) is 23.0. The fourth-order valence-corrected chi connectivity index (χ4v) is 5.73. The van der Waals surface area contributed by atoms with Gasteiger partial charge in [0.15, 0.2) is 0 Å². The van der Waals surface area contributed by atoms with Crippen LogP contribution in [0.5, 0.6) is 0 Å². The summed E-state index contributed by atoms with van der Waals surface area (Å²) in [5, 5.41) is 3.21. The Hall–Kier alpha value is -2.36. The molecule has 7 nitrogen and oxygen atoms in total. The molecule has 0 bridgehead atoms. The molecule has 1 N–H and O–H groups in total. The first kappa shape index (κ1) is 29.9. The highest BCUT2D eigenvalue weighted by atomic mass is 35.5. The lowest BCUT2D eigenvalue weighted by Crippen LogP contribution is -2.42. The molecule has 2 aromatic rings. The number of carbonyl (C=O) groups excluding carboxylic acids is 2. The van der Waals surface area contributed by atoms with Gasteiger partial charge in [-0.05, 0) is 74.6 Å². The Bertz CT molecular complexity index is 1160. The van der Waals surface area contributed by atoms with Crippen LogP contribution in [0.3, 0.4) is 0 Å². The topological polar surface area (TPSA) is 92.8 Å². The molecule has 2 aromatic carbocycles. The molecule has 2 atom stereocenters. The number of hydrogen-bond donors (Lipinski definition) is 1. The Morgan fingerprint density at radius 2 is 1.67 bits per heavy atom. The van der Waals surface area contributed by atoms with Gasteiger partial charge in [0, 0.05) is 22.5 Å². The van der Waals surface area contributed by atoms with Crippen LogP contribution in [0.15, 0.2) is 47.4 Å². The van der Waals surface area contributed by atoms with Crippen LogP contribution in [0.25, 0.3) is 0 Å². The second-order valence-electron chi connectivity index (χ2n) is 8.86. The summed E-state index contributed by atoms with van der Waals surface area (Å²) in [5.74, 6) is -1.48. The average Bonchev–Trinajstić information content (AvgIpc) is 2.80. The van der Waals surface area contributed by atoms with Crippen molar-refractivity contribution < 1.29 is 27.1 Å². The molecular formula is C25H31Cl2FN2O5S. The van der Waals surface area contributed by atoms with Crippen molar-refractivity contribution >= 4 is 50.8 Å². The van der Waals surface area contributed by atoms with E-state index in [0.717, 1.165) is 10.4 Å². The minimum Gasteiger partial charge on any atom is -0.467 e. The number of carbonyl (C=O) groups is 2. The fourth-order valence-electron chi connectivity index (χ4n) is 3.75. The summed E-state index contributed by atoms with van der Waals surface area (Å²) in [6, 6.07) is 7.75. The molecule has 0 fully saturated rings. The molecule has 0 aromatic heterocycles. The first-order valence-corrected chi connectivity index (χ1v) is 13.7. The van der Waals surface area contributed by atoms with Gasteiger partial charge in [0.1, 0.15) is 11.9 Å². The molecule has 36 heavy (non-hydrogen) atoms. The van der Waals surface area contributed by atoms with Crippen molar-refractivity contribution in [3.63, 3.8) is 0 Å². The lowest BCUT2D eigenvalue weighted by Gasteiger charge is -2.31. The number of benzene rings is 2. The maximum absolute atomic E-state index is 14.8. The van der Waals surface area contributed by atoms with Gasteiger partial charge in [0.2, 0.25) is 5.91 Å². The predicted molar refractivity (Wildman–Crippen MR) is 139 cm³/mol. The normalized spacial score (nSPS) is 13.2. The standard InChI is InChI=1S/C25H31Cl2FN2O5S/c1-16(2)14-22(25(32)35-4)29-24(31)7-5-6-17(3)30(23-15-19(27)10-13-21(23)28)36(33,34)20-11-8-18(26)9-12-20/h8-13,15-17,22H,5-7,14H2,1-4H3,(H,29,31). The minimum atomic E-state index is -4.19. The van der Waals surface area contributed by atoms with E-state index in [1.807, 2.05) is 13.8 Å². The largest absolute Gasteiger partial charge is 0.467 e. The van der Waals surface area contributed by atoms with Gasteiger partial charge in [-0.3, -0.25) is 9.10 Å². The van der Waals surface area contributed by atoms with Crippen LogP contribution in [0.1, 0.15) is 46.5 Å². The quantitative estimate of drug-likeness (QED) is 0.341. The summed E-state index contributed by atoms with van der Waals surface area (Å²) in [5.41, 5.74) is -0.197. The van der Waals surface area contributed by atoms with Crippen LogP contribution in [-0.2, 0) is 24.3 Å². The van der Waals surface area contributed by atoms with Crippen LogP contribution in [-0.4, -0.2) is 39.5 Å². The van der Waals surface area contributed by atoms with Crippen molar-refractivity contribution in [2.75, 3.05) is 11.4 Å².